The summed E-state index contributed by atoms with van der Waals surface area (Å²) in [6, 6.07) is 18.8. The number of aromatic hydroxyl groups is 1. The number of rotatable bonds is 5. The van der Waals surface area contributed by atoms with Crippen molar-refractivity contribution in [3.8, 4) is 5.75 Å². The smallest absolute Gasteiger partial charge is 0.275 e. The SMILES string of the molecule is CN(C)c1ccc(/C=C/C=N/NC(=O)c2cc3ccccc3cc2O)cc1. The topological polar surface area (TPSA) is 64.9 Å². The van der Waals surface area contributed by atoms with Crippen LogP contribution in [0.25, 0.3) is 16.8 Å². The van der Waals surface area contributed by atoms with Crippen molar-refractivity contribution >= 4 is 34.7 Å². The molecule has 0 radical (unpaired) electrons. The molecule has 0 fully saturated rings. The van der Waals surface area contributed by atoms with Gasteiger partial charge in [0.05, 0.1) is 5.56 Å². The zero-order chi connectivity index (χ0) is 19.2. The number of nitrogens with one attached hydrogen (secondary N) is 1. The molecule has 3 rings (SSSR count). The minimum Gasteiger partial charge on any atom is -0.507 e. The second-order valence-corrected chi connectivity index (χ2v) is 6.28. The number of nitrogens with zero attached hydrogens (tertiary/aromatic N) is 2. The van der Waals surface area contributed by atoms with Crippen molar-refractivity contribution < 1.29 is 9.90 Å². The molecule has 136 valence electrons. The van der Waals surface area contributed by atoms with E-state index in [9.17, 15) is 9.90 Å². The zero-order valence-corrected chi connectivity index (χ0v) is 15.3. The number of amides is 1. The number of phenolic OH excluding ortho intramolecular Hbond substituents is 1. The van der Waals surface area contributed by atoms with Crippen LogP contribution in [-0.4, -0.2) is 31.3 Å². The van der Waals surface area contributed by atoms with Gasteiger partial charge < -0.3 is 10.0 Å². The van der Waals surface area contributed by atoms with E-state index in [0.29, 0.717) is 0 Å². The maximum absolute atomic E-state index is 12.2. The summed E-state index contributed by atoms with van der Waals surface area (Å²) < 4.78 is 0. The van der Waals surface area contributed by atoms with Crippen molar-refractivity contribution in [1.82, 2.24) is 5.43 Å². The summed E-state index contributed by atoms with van der Waals surface area (Å²) in [5.41, 5.74) is 4.78. The van der Waals surface area contributed by atoms with Gasteiger partial charge in [0.25, 0.3) is 5.91 Å². The third-order valence-corrected chi connectivity index (χ3v) is 4.13. The summed E-state index contributed by atoms with van der Waals surface area (Å²) >= 11 is 0. The van der Waals surface area contributed by atoms with Crippen LogP contribution in [0.3, 0.4) is 0 Å². The summed E-state index contributed by atoms with van der Waals surface area (Å²) in [5, 5.41) is 15.7. The second-order valence-electron chi connectivity index (χ2n) is 6.28. The van der Waals surface area contributed by atoms with Gasteiger partial charge in [0, 0.05) is 26.0 Å². The number of carbonyl (C=O) groups is 1. The molecule has 3 aromatic carbocycles. The average molecular weight is 359 g/mol. The highest BCUT2D eigenvalue weighted by atomic mass is 16.3. The van der Waals surface area contributed by atoms with Crippen LogP contribution in [0.4, 0.5) is 5.69 Å². The van der Waals surface area contributed by atoms with E-state index in [1.165, 1.54) is 6.21 Å². The lowest BCUT2D eigenvalue weighted by Gasteiger charge is -2.11. The number of hydrogen-bond acceptors (Lipinski definition) is 4. The standard InChI is InChI=1S/C22H21N3O2/c1-25(2)19-11-9-16(10-12-19)6-5-13-23-24-22(27)20-14-17-7-3-4-8-18(17)15-21(20)26/h3-15,26H,1-2H3,(H,24,27)/b6-5+,23-13+. The Morgan fingerprint density at radius 3 is 2.37 bits per heavy atom. The molecule has 0 atom stereocenters. The average Bonchev–Trinajstić information content (AvgIpc) is 2.67. The van der Waals surface area contributed by atoms with E-state index in [4.69, 9.17) is 0 Å². The Labute approximate surface area is 158 Å². The molecule has 27 heavy (non-hydrogen) atoms. The van der Waals surface area contributed by atoms with Crippen molar-refractivity contribution in [2.45, 2.75) is 0 Å². The number of anilines is 1. The van der Waals surface area contributed by atoms with Gasteiger partial charge in [-0.1, -0.05) is 42.5 Å². The van der Waals surface area contributed by atoms with Gasteiger partial charge in [-0.15, -0.1) is 0 Å². The Hall–Kier alpha value is -3.60. The number of phenols is 1. The summed E-state index contributed by atoms with van der Waals surface area (Å²) in [7, 11) is 3.99. The van der Waals surface area contributed by atoms with E-state index in [1.807, 2.05) is 73.6 Å². The lowest BCUT2D eigenvalue weighted by molar-refractivity contribution is 0.0952. The maximum atomic E-state index is 12.2. The summed E-state index contributed by atoms with van der Waals surface area (Å²) in [5.74, 6) is -0.531. The van der Waals surface area contributed by atoms with Crippen molar-refractivity contribution in [3.05, 3.63) is 77.9 Å². The lowest BCUT2D eigenvalue weighted by atomic mass is 10.1. The van der Waals surface area contributed by atoms with Crippen LogP contribution in [0, 0.1) is 0 Å². The van der Waals surface area contributed by atoms with Crippen LogP contribution in [0.15, 0.2) is 71.8 Å². The highest BCUT2D eigenvalue weighted by molar-refractivity contribution is 6.01. The molecular weight excluding hydrogens is 338 g/mol. The maximum Gasteiger partial charge on any atom is 0.275 e. The fourth-order valence-electron chi connectivity index (χ4n) is 2.65. The van der Waals surface area contributed by atoms with Crippen molar-refractivity contribution in [3.63, 3.8) is 0 Å². The van der Waals surface area contributed by atoms with E-state index >= 15 is 0 Å². The summed E-state index contributed by atoms with van der Waals surface area (Å²) in [4.78, 5) is 14.3. The summed E-state index contributed by atoms with van der Waals surface area (Å²) in [6.07, 6.45) is 5.13. The van der Waals surface area contributed by atoms with E-state index in [0.717, 1.165) is 22.0 Å². The minimum absolute atomic E-state index is 0.0714. The predicted molar refractivity (Wildman–Crippen MR) is 111 cm³/mol. The molecule has 3 aromatic rings. The Morgan fingerprint density at radius 2 is 1.70 bits per heavy atom. The highest BCUT2D eigenvalue weighted by Gasteiger charge is 2.11. The number of benzene rings is 3. The molecule has 0 aliphatic rings. The number of carbonyl (C=O) groups excluding carboxylic acids is 1. The first-order valence-electron chi connectivity index (χ1n) is 8.54. The van der Waals surface area contributed by atoms with E-state index in [1.54, 1.807) is 18.2 Å². The third kappa shape index (κ3) is 4.52. The molecule has 0 aliphatic carbocycles. The molecule has 0 bridgehead atoms. The Bertz CT molecular complexity index is 1010. The van der Waals surface area contributed by atoms with E-state index in [2.05, 4.69) is 10.5 Å². The molecule has 5 nitrogen and oxygen atoms in total. The number of fused-ring (bicyclic) bond motifs is 1. The molecule has 0 unspecified atom stereocenters. The molecule has 2 N–H and O–H groups in total. The quantitative estimate of drug-likeness (QED) is 0.534. The van der Waals surface area contributed by atoms with Gasteiger partial charge in [0.15, 0.2) is 0 Å². The first kappa shape index (κ1) is 18.2. The second kappa shape index (κ2) is 8.19. The monoisotopic (exact) mass is 359 g/mol. The number of allylic oxidation sites excluding steroid dienone is 1. The molecule has 0 saturated heterocycles. The minimum atomic E-state index is -0.460. The summed E-state index contributed by atoms with van der Waals surface area (Å²) in [6.45, 7) is 0. The fourth-order valence-corrected chi connectivity index (χ4v) is 2.65. The lowest BCUT2D eigenvalue weighted by Crippen LogP contribution is -2.17. The first-order valence-corrected chi connectivity index (χ1v) is 8.54. The highest BCUT2D eigenvalue weighted by Crippen LogP contribution is 2.24. The predicted octanol–water partition coefficient (Wildman–Crippen LogP) is 4.04. The van der Waals surface area contributed by atoms with Gasteiger partial charge in [-0.3, -0.25) is 4.79 Å². The van der Waals surface area contributed by atoms with E-state index in [-0.39, 0.29) is 11.3 Å². The third-order valence-electron chi connectivity index (χ3n) is 4.13. The number of hydrazone groups is 1. The molecule has 0 aromatic heterocycles. The van der Waals surface area contributed by atoms with Crippen LogP contribution < -0.4 is 10.3 Å². The van der Waals surface area contributed by atoms with Crippen LogP contribution in [0.1, 0.15) is 15.9 Å². The fraction of sp³-hybridized carbons (Fsp3) is 0.0909. The van der Waals surface area contributed by atoms with Gasteiger partial charge in [0.2, 0.25) is 0 Å². The van der Waals surface area contributed by atoms with Crippen molar-refractivity contribution in [1.29, 1.82) is 0 Å². The van der Waals surface area contributed by atoms with Crippen LogP contribution in [0.2, 0.25) is 0 Å². The van der Waals surface area contributed by atoms with Gasteiger partial charge in [-0.2, -0.15) is 5.10 Å². The molecular formula is C22H21N3O2. The first-order chi connectivity index (χ1) is 13.0. The zero-order valence-electron chi connectivity index (χ0n) is 15.3. The number of hydrogen-bond donors (Lipinski definition) is 2. The van der Waals surface area contributed by atoms with E-state index < -0.39 is 5.91 Å². The molecule has 0 saturated carbocycles. The largest absolute Gasteiger partial charge is 0.507 e. The van der Waals surface area contributed by atoms with Crippen molar-refractivity contribution in [2.24, 2.45) is 5.10 Å². The Balaban J connectivity index is 1.62. The molecule has 1 amide bonds. The van der Waals surface area contributed by atoms with Gasteiger partial charge in [-0.25, -0.2) is 5.43 Å². The van der Waals surface area contributed by atoms with Crippen LogP contribution >= 0.6 is 0 Å². The van der Waals surface area contributed by atoms with Crippen molar-refractivity contribution in [2.75, 3.05) is 19.0 Å². The van der Waals surface area contributed by atoms with Crippen LogP contribution in [0.5, 0.6) is 5.75 Å². The van der Waals surface area contributed by atoms with Gasteiger partial charge >= 0.3 is 0 Å². The molecule has 0 aliphatic heterocycles. The normalized spacial score (nSPS) is 11.3. The molecule has 0 heterocycles. The van der Waals surface area contributed by atoms with Gasteiger partial charge in [-0.05, 0) is 46.7 Å². The molecule has 0 spiro atoms. The Kier molecular flexibility index (Phi) is 5.52. The van der Waals surface area contributed by atoms with Crippen LogP contribution in [-0.2, 0) is 0 Å². The molecule has 5 heteroatoms. The Morgan fingerprint density at radius 1 is 1.04 bits per heavy atom. The van der Waals surface area contributed by atoms with Gasteiger partial charge in [0.1, 0.15) is 5.75 Å².